The van der Waals surface area contributed by atoms with Gasteiger partial charge in [-0.15, -0.1) is 11.3 Å². The van der Waals surface area contributed by atoms with Gasteiger partial charge in [-0.25, -0.2) is 9.97 Å². The van der Waals surface area contributed by atoms with Crippen molar-refractivity contribution in [3.63, 3.8) is 0 Å². The number of hydrogen-bond acceptors (Lipinski definition) is 4. The Balaban J connectivity index is 1.07. The molecule has 256 valence electrons. The fraction of sp³-hybridized carbons (Fsp3) is 0.0196. The zero-order valence-corrected chi connectivity index (χ0v) is 30.3. The molecule has 3 nitrogen and oxygen atoms in total. The maximum Gasteiger partial charge on any atom is 0.160 e. The molecule has 0 unspecified atom stereocenters. The predicted molar refractivity (Wildman–Crippen MR) is 226 cm³/mol. The molecule has 0 saturated heterocycles. The average Bonchev–Trinajstić information content (AvgIpc) is 3.77. The number of aromatic nitrogens is 2. The number of fused-ring (bicyclic) bond motifs is 13. The van der Waals surface area contributed by atoms with E-state index >= 15 is 0 Å². The summed E-state index contributed by atoms with van der Waals surface area (Å²) in [4.78, 5) is 10.7. The van der Waals surface area contributed by atoms with Crippen molar-refractivity contribution in [2.75, 3.05) is 0 Å². The molecule has 0 bridgehead atoms. The first-order chi connectivity index (χ1) is 27.3. The summed E-state index contributed by atoms with van der Waals surface area (Å²) in [6.45, 7) is 0. The minimum absolute atomic E-state index is 0.508. The van der Waals surface area contributed by atoms with Crippen LogP contribution in [-0.4, -0.2) is 9.97 Å². The van der Waals surface area contributed by atoms with Crippen molar-refractivity contribution in [3.05, 3.63) is 204 Å². The monoisotopic (exact) mass is 718 g/mol. The van der Waals surface area contributed by atoms with E-state index < -0.39 is 5.41 Å². The summed E-state index contributed by atoms with van der Waals surface area (Å²) in [5.74, 6) is 2.51. The van der Waals surface area contributed by atoms with Crippen LogP contribution in [0.4, 0.5) is 0 Å². The molecule has 55 heavy (non-hydrogen) atoms. The molecule has 2 aromatic heterocycles. The molecule has 3 heterocycles. The Bertz CT molecular complexity index is 3150. The highest BCUT2D eigenvalue weighted by atomic mass is 32.1. The lowest BCUT2D eigenvalue weighted by Gasteiger charge is -2.39. The molecule has 2 aliphatic rings. The lowest BCUT2D eigenvalue weighted by Crippen LogP contribution is -2.32. The summed E-state index contributed by atoms with van der Waals surface area (Å²) in [7, 11) is 0. The van der Waals surface area contributed by atoms with Crippen LogP contribution in [0.15, 0.2) is 182 Å². The van der Waals surface area contributed by atoms with Gasteiger partial charge in [0.25, 0.3) is 0 Å². The lowest BCUT2D eigenvalue weighted by molar-refractivity contribution is 0.436. The number of para-hydroxylation sites is 2. The van der Waals surface area contributed by atoms with Crippen molar-refractivity contribution in [2.24, 2.45) is 0 Å². The second kappa shape index (κ2) is 11.6. The zero-order valence-electron chi connectivity index (χ0n) is 29.5. The van der Waals surface area contributed by atoms with Crippen LogP contribution in [0, 0.1) is 0 Å². The van der Waals surface area contributed by atoms with Gasteiger partial charge in [-0.3, -0.25) is 0 Å². The van der Waals surface area contributed by atoms with Crippen molar-refractivity contribution >= 4 is 42.4 Å². The highest BCUT2D eigenvalue weighted by molar-refractivity contribution is 7.26. The van der Waals surface area contributed by atoms with Crippen molar-refractivity contribution in [3.8, 4) is 56.4 Å². The third kappa shape index (κ3) is 4.31. The van der Waals surface area contributed by atoms with Gasteiger partial charge in [-0.1, -0.05) is 158 Å². The smallest absolute Gasteiger partial charge is 0.160 e. The molecule has 0 atom stereocenters. The van der Waals surface area contributed by atoms with Crippen LogP contribution in [0.3, 0.4) is 0 Å². The summed E-state index contributed by atoms with van der Waals surface area (Å²) in [6, 6.07) is 65.2. The predicted octanol–water partition coefficient (Wildman–Crippen LogP) is 13.5. The minimum atomic E-state index is -0.508. The van der Waals surface area contributed by atoms with Gasteiger partial charge < -0.3 is 4.74 Å². The highest BCUT2D eigenvalue weighted by Crippen LogP contribution is 2.62. The van der Waals surface area contributed by atoms with Gasteiger partial charge in [0.15, 0.2) is 5.82 Å². The number of nitrogens with zero attached hydrogens (tertiary/aromatic N) is 2. The zero-order chi connectivity index (χ0) is 36.1. The molecular formula is C51H30N2OS. The Kier molecular flexibility index (Phi) is 6.42. The molecule has 1 aliphatic carbocycles. The van der Waals surface area contributed by atoms with E-state index in [4.69, 9.17) is 14.7 Å². The van der Waals surface area contributed by atoms with Gasteiger partial charge in [0.2, 0.25) is 0 Å². The molecule has 4 heteroatoms. The maximum absolute atomic E-state index is 6.56. The third-order valence-electron chi connectivity index (χ3n) is 11.6. The van der Waals surface area contributed by atoms with E-state index in [-0.39, 0.29) is 0 Å². The molecule has 10 aromatic rings. The Labute approximate surface area is 321 Å². The largest absolute Gasteiger partial charge is 0.457 e. The van der Waals surface area contributed by atoms with Crippen LogP contribution in [0.2, 0.25) is 0 Å². The van der Waals surface area contributed by atoms with Gasteiger partial charge in [0.05, 0.1) is 21.3 Å². The van der Waals surface area contributed by atoms with E-state index in [1.54, 1.807) is 11.3 Å². The summed E-state index contributed by atoms with van der Waals surface area (Å²) < 4.78 is 8.86. The van der Waals surface area contributed by atoms with Crippen molar-refractivity contribution in [2.45, 2.75) is 5.41 Å². The van der Waals surface area contributed by atoms with E-state index in [9.17, 15) is 0 Å². The highest BCUT2D eigenvalue weighted by Gasteiger charge is 2.51. The summed E-state index contributed by atoms with van der Waals surface area (Å²) >= 11 is 1.77. The van der Waals surface area contributed by atoms with Crippen LogP contribution >= 0.6 is 11.3 Å². The Morgan fingerprint density at radius 2 is 1.04 bits per heavy atom. The van der Waals surface area contributed by atoms with E-state index in [0.717, 1.165) is 60.9 Å². The molecule has 0 saturated carbocycles. The molecule has 8 aromatic carbocycles. The van der Waals surface area contributed by atoms with E-state index in [0.29, 0.717) is 0 Å². The number of ether oxygens (including phenoxy) is 1. The first kappa shape index (κ1) is 30.6. The molecule has 0 fully saturated rings. The van der Waals surface area contributed by atoms with Crippen molar-refractivity contribution < 1.29 is 4.74 Å². The Morgan fingerprint density at radius 1 is 0.436 bits per heavy atom. The fourth-order valence-electron chi connectivity index (χ4n) is 9.20. The topological polar surface area (TPSA) is 35.0 Å². The average molecular weight is 719 g/mol. The maximum atomic E-state index is 6.56. The molecule has 12 rings (SSSR count). The Hall–Kier alpha value is -6.88. The molecule has 1 aliphatic heterocycles. The molecule has 0 radical (unpaired) electrons. The number of benzene rings is 8. The van der Waals surface area contributed by atoms with E-state index in [2.05, 4.69) is 182 Å². The van der Waals surface area contributed by atoms with Gasteiger partial charge in [0.1, 0.15) is 11.5 Å². The van der Waals surface area contributed by atoms with E-state index in [1.165, 1.54) is 48.9 Å². The summed E-state index contributed by atoms with van der Waals surface area (Å²) in [5.41, 5.74) is 13.2. The lowest BCUT2D eigenvalue weighted by atomic mass is 9.66. The third-order valence-corrected chi connectivity index (χ3v) is 12.8. The first-order valence-corrected chi connectivity index (χ1v) is 19.5. The SMILES string of the molecule is c1ccc2c(c1)Oc1ccccc1C21c2ccccc2-c2cc(-c3nc(-c4ccc(-c5cccc6ccccc56)cc4)nc4c3sc3ccccc34)ccc21. The van der Waals surface area contributed by atoms with Crippen molar-refractivity contribution in [1.29, 1.82) is 0 Å². The molecule has 0 N–H and O–H groups in total. The minimum Gasteiger partial charge on any atom is -0.457 e. The quantitative estimate of drug-likeness (QED) is 0.182. The van der Waals surface area contributed by atoms with Gasteiger partial charge >= 0.3 is 0 Å². The number of rotatable bonds is 3. The first-order valence-electron chi connectivity index (χ1n) is 18.7. The number of hydrogen-bond donors (Lipinski definition) is 0. The summed E-state index contributed by atoms with van der Waals surface area (Å²) in [6.07, 6.45) is 0. The number of thiophene rings is 1. The normalized spacial score (nSPS) is 13.4. The van der Waals surface area contributed by atoms with E-state index in [1.807, 2.05) is 0 Å². The Morgan fingerprint density at radius 3 is 1.85 bits per heavy atom. The van der Waals surface area contributed by atoms with Gasteiger partial charge in [-0.05, 0) is 68.4 Å². The summed E-state index contributed by atoms with van der Waals surface area (Å²) in [5, 5.41) is 3.63. The van der Waals surface area contributed by atoms with Gasteiger partial charge in [-0.2, -0.15) is 0 Å². The van der Waals surface area contributed by atoms with Crippen LogP contribution < -0.4 is 4.74 Å². The fourth-order valence-corrected chi connectivity index (χ4v) is 10.4. The molecule has 0 amide bonds. The second-order valence-corrected chi connectivity index (χ2v) is 15.5. The second-order valence-electron chi connectivity index (χ2n) is 14.4. The molecular weight excluding hydrogens is 689 g/mol. The van der Waals surface area contributed by atoms with Crippen LogP contribution in [-0.2, 0) is 5.41 Å². The van der Waals surface area contributed by atoms with Crippen molar-refractivity contribution in [1.82, 2.24) is 9.97 Å². The standard InChI is InChI=1S/C51H30N2OS/c1-2-14-35-31(12-1)13-11-17-36(35)32-24-26-33(27-25-32)50-52-47(49-48(53-50)38-16-4-10-23-46(38)55-49)34-28-29-41-39(30-34)37-15-3-5-18-40(37)51(41)42-19-6-8-21-44(42)54-45-22-9-7-20-43(45)51/h1-30H. The van der Waals surface area contributed by atoms with Crippen LogP contribution in [0.1, 0.15) is 22.3 Å². The van der Waals surface area contributed by atoms with Crippen LogP contribution in [0.25, 0.3) is 76.0 Å². The van der Waals surface area contributed by atoms with Gasteiger partial charge in [0, 0.05) is 32.3 Å². The molecule has 1 spiro atoms. The van der Waals surface area contributed by atoms with Crippen LogP contribution in [0.5, 0.6) is 11.5 Å².